The third kappa shape index (κ3) is 5.65. The molecule has 0 saturated carbocycles. The van der Waals surface area contributed by atoms with Crippen LogP contribution < -0.4 is 5.32 Å². The molecule has 2 aliphatic rings. The minimum absolute atomic E-state index is 0.138. The Morgan fingerprint density at radius 3 is 2.41 bits per heavy atom. The first-order valence-corrected chi connectivity index (χ1v) is 14.5. The number of ether oxygens (including phenoxy) is 2. The highest BCUT2D eigenvalue weighted by molar-refractivity contribution is 7.89. The van der Waals surface area contributed by atoms with Gasteiger partial charge < -0.3 is 19.7 Å². The molecule has 0 bridgehead atoms. The minimum Gasteiger partial charge on any atom is -0.465 e. The Labute approximate surface area is 220 Å². The van der Waals surface area contributed by atoms with Gasteiger partial charge in [0.25, 0.3) is 5.91 Å². The lowest BCUT2D eigenvalue weighted by Crippen LogP contribution is -2.37. The predicted molar refractivity (Wildman–Crippen MR) is 138 cm³/mol. The van der Waals surface area contributed by atoms with Crippen LogP contribution in [0.5, 0.6) is 0 Å². The highest BCUT2D eigenvalue weighted by Gasteiger charge is 2.32. The zero-order chi connectivity index (χ0) is 26.7. The third-order valence-electron chi connectivity index (χ3n) is 6.70. The van der Waals surface area contributed by atoms with E-state index < -0.39 is 28.0 Å². The largest absolute Gasteiger partial charge is 0.465 e. The number of sulfonamides is 1. The van der Waals surface area contributed by atoms with Crippen LogP contribution in [0.25, 0.3) is 0 Å². The fraction of sp³-hybridized carbons (Fsp3) is 0.480. The summed E-state index contributed by atoms with van der Waals surface area (Å²) >= 11 is 1.21. The number of thiophene rings is 1. The average molecular weight is 550 g/mol. The molecule has 1 saturated heterocycles. The summed E-state index contributed by atoms with van der Waals surface area (Å²) in [5, 5.41) is 3.10. The Hall–Kier alpha value is -2.96. The molecule has 1 aromatic heterocycles. The average Bonchev–Trinajstić information content (AvgIpc) is 3.25. The van der Waals surface area contributed by atoms with Crippen molar-refractivity contribution in [2.24, 2.45) is 5.92 Å². The number of esters is 1. The number of anilines is 1. The number of hydrogen-bond donors (Lipinski definition) is 1. The molecular formula is C25H31N3O7S2. The van der Waals surface area contributed by atoms with Gasteiger partial charge in [0, 0.05) is 30.1 Å². The fourth-order valence-electron chi connectivity index (χ4n) is 4.51. The number of piperidine rings is 1. The lowest BCUT2D eigenvalue weighted by atomic mass is 10.0. The van der Waals surface area contributed by atoms with E-state index in [1.54, 1.807) is 11.8 Å². The van der Waals surface area contributed by atoms with Gasteiger partial charge >= 0.3 is 12.1 Å². The number of benzene rings is 1. The number of fused-ring (bicyclic) bond motifs is 1. The van der Waals surface area contributed by atoms with Crippen LogP contribution in [0.1, 0.15) is 57.8 Å². The SMILES string of the molecule is CCOC(=O)N1CCc2c(sc(NC(=O)c3ccc(S(=O)(=O)N4CCC(C)CC4)cc3)c2C(=O)OC)C1. The topological polar surface area (TPSA) is 122 Å². The zero-order valence-electron chi connectivity index (χ0n) is 21.1. The van der Waals surface area contributed by atoms with E-state index in [4.69, 9.17) is 9.47 Å². The molecule has 200 valence electrons. The maximum Gasteiger partial charge on any atom is 0.410 e. The van der Waals surface area contributed by atoms with Crippen molar-refractivity contribution < 1.29 is 32.3 Å². The molecule has 2 aromatic rings. The molecule has 37 heavy (non-hydrogen) atoms. The normalized spacial score (nSPS) is 16.7. The number of carbonyl (C=O) groups excluding carboxylic acids is 3. The van der Waals surface area contributed by atoms with Gasteiger partial charge in [0.1, 0.15) is 5.00 Å². The molecule has 0 aliphatic carbocycles. The van der Waals surface area contributed by atoms with E-state index in [2.05, 4.69) is 12.2 Å². The standard InChI is InChI=1S/C25H31N3O7S2/c1-4-35-25(31)27-12-11-19-20(15-27)36-23(21(19)24(30)34-3)26-22(29)17-5-7-18(8-6-17)37(32,33)28-13-9-16(2)10-14-28/h5-8,16H,4,9-15H2,1-3H3,(H,26,29). The van der Waals surface area contributed by atoms with Crippen molar-refractivity contribution in [2.45, 2.75) is 44.6 Å². The van der Waals surface area contributed by atoms with E-state index >= 15 is 0 Å². The lowest BCUT2D eigenvalue weighted by molar-refractivity contribution is 0.0600. The van der Waals surface area contributed by atoms with E-state index in [-0.39, 0.29) is 29.2 Å². The van der Waals surface area contributed by atoms with E-state index in [9.17, 15) is 22.8 Å². The lowest BCUT2D eigenvalue weighted by Gasteiger charge is -2.29. The molecule has 10 nitrogen and oxygen atoms in total. The van der Waals surface area contributed by atoms with Crippen molar-refractivity contribution in [1.29, 1.82) is 0 Å². The van der Waals surface area contributed by atoms with E-state index in [0.29, 0.717) is 37.0 Å². The molecule has 0 spiro atoms. The maximum atomic E-state index is 13.0. The Morgan fingerprint density at radius 2 is 1.78 bits per heavy atom. The smallest absolute Gasteiger partial charge is 0.410 e. The molecule has 3 heterocycles. The fourth-order valence-corrected chi connectivity index (χ4v) is 7.22. The van der Waals surface area contributed by atoms with Crippen molar-refractivity contribution in [3.63, 3.8) is 0 Å². The number of hydrogen-bond acceptors (Lipinski definition) is 8. The Bertz CT molecular complexity index is 1280. The van der Waals surface area contributed by atoms with Crippen LogP contribution in [0, 0.1) is 5.92 Å². The van der Waals surface area contributed by atoms with Crippen molar-refractivity contribution in [3.05, 3.63) is 45.8 Å². The van der Waals surface area contributed by atoms with Crippen LogP contribution in [0.4, 0.5) is 9.80 Å². The first-order valence-electron chi connectivity index (χ1n) is 12.2. The van der Waals surface area contributed by atoms with Gasteiger partial charge in [-0.05, 0) is 61.9 Å². The molecule has 1 aromatic carbocycles. The van der Waals surface area contributed by atoms with Gasteiger partial charge in [0.15, 0.2) is 0 Å². The number of amides is 2. The second-order valence-corrected chi connectivity index (χ2v) is 12.2. The predicted octanol–water partition coefficient (Wildman–Crippen LogP) is 3.72. The van der Waals surface area contributed by atoms with Crippen LogP contribution >= 0.6 is 11.3 Å². The summed E-state index contributed by atoms with van der Waals surface area (Å²) in [5.41, 5.74) is 1.27. The summed E-state index contributed by atoms with van der Waals surface area (Å²) in [6.45, 7) is 5.73. The van der Waals surface area contributed by atoms with Gasteiger partial charge in [-0.15, -0.1) is 11.3 Å². The summed E-state index contributed by atoms with van der Waals surface area (Å²) in [4.78, 5) is 40.3. The van der Waals surface area contributed by atoms with Gasteiger partial charge in [-0.1, -0.05) is 6.92 Å². The van der Waals surface area contributed by atoms with Gasteiger partial charge in [-0.2, -0.15) is 4.31 Å². The van der Waals surface area contributed by atoms with E-state index in [1.165, 1.54) is 47.0 Å². The summed E-state index contributed by atoms with van der Waals surface area (Å²) in [6.07, 6.45) is 1.64. The molecule has 1 fully saturated rings. The molecular weight excluding hydrogens is 518 g/mol. The zero-order valence-corrected chi connectivity index (χ0v) is 22.7. The number of methoxy groups -OCH3 is 1. The van der Waals surface area contributed by atoms with Crippen molar-refractivity contribution >= 4 is 44.3 Å². The second-order valence-electron chi connectivity index (χ2n) is 9.14. The van der Waals surface area contributed by atoms with Crippen molar-refractivity contribution in [1.82, 2.24) is 9.21 Å². The Morgan fingerprint density at radius 1 is 1.11 bits per heavy atom. The van der Waals surface area contributed by atoms with Gasteiger partial charge in [0.2, 0.25) is 10.0 Å². The van der Waals surface area contributed by atoms with Crippen LogP contribution in [-0.4, -0.2) is 68.9 Å². The quantitative estimate of drug-likeness (QED) is 0.545. The molecule has 2 aliphatic heterocycles. The molecule has 2 amide bonds. The van der Waals surface area contributed by atoms with E-state index in [0.717, 1.165) is 23.3 Å². The molecule has 0 atom stereocenters. The van der Waals surface area contributed by atoms with Crippen LogP contribution in [0.2, 0.25) is 0 Å². The van der Waals surface area contributed by atoms with Crippen molar-refractivity contribution in [3.8, 4) is 0 Å². The number of nitrogens with one attached hydrogen (secondary N) is 1. The van der Waals surface area contributed by atoms with Gasteiger partial charge in [-0.25, -0.2) is 18.0 Å². The highest BCUT2D eigenvalue weighted by atomic mass is 32.2. The first kappa shape index (κ1) is 27.1. The Balaban J connectivity index is 1.53. The number of carbonyl (C=O) groups is 3. The van der Waals surface area contributed by atoms with E-state index in [1.807, 2.05) is 0 Å². The molecule has 0 radical (unpaired) electrons. The van der Waals surface area contributed by atoms with Crippen LogP contribution in [0.15, 0.2) is 29.2 Å². The first-order chi connectivity index (χ1) is 17.6. The monoisotopic (exact) mass is 549 g/mol. The van der Waals surface area contributed by atoms with Crippen LogP contribution in [0.3, 0.4) is 0 Å². The van der Waals surface area contributed by atoms with Crippen molar-refractivity contribution in [2.75, 3.05) is 38.7 Å². The molecule has 4 rings (SSSR count). The van der Waals surface area contributed by atoms with Gasteiger partial charge in [0.05, 0.1) is 30.7 Å². The molecule has 1 N–H and O–H groups in total. The third-order valence-corrected chi connectivity index (χ3v) is 9.74. The number of rotatable bonds is 6. The minimum atomic E-state index is -3.63. The second kappa shape index (κ2) is 11.2. The Kier molecular flexibility index (Phi) is 8.20. The summed E-state index contributed by atoms with van der Waals surface area (Å²) in [7, 11) is -2.36. The number of nitrogens with zero attached hydrogens (tertiary/aromatic N) is 2. The summed E-state index contributed by atoms with van der Waals surface area (Å²) in [5.74, 6) is -0.556. The molecule has 0 unspecified atom stereocenters. The molecule has 12 heteroatoms. The van der Waals surface area contributed by atoms with Gasteiger partial charge in [-0.3, -0.25) is 4.79 Å². The van der Waals surface area contributed by atoms with Crippen LogP contribution in [-0.2, 0) is 32.5 Å². The highest BCUT2D eigenvalue weighted by Crippen LogP contribution is 2.38. The summed E-state index contributed by atoms with van der Waals surface area (Å²) < 4.78 is 37.5. The maximum absolute atomic E-state index is 13.0. The summed E-state index contributed by atoms with van der Waals surface area (Å²) in [6, 6.07) is 5.78.